The molecule has 1 saturated heterocycles. The molecule has 0 saturated carbocycles. The number of alkyl carbamates (subject to hydrolysis) is 1. The standard InChI is InChI=1S/C26H32N4O3.H2/c1-17(2)16-33-26(32)27-14-19-7-6-12-30(15-19)25-20-11-10-18(3)13-22(20)28-24(29-25)21-8-4-5-9-23(21)31;/h4-5,8-11,13,17,19,31H,6-7,12,14-16H2,1-3H3,(H,27,32);1H. The first-order chi connectivity index (χ1) is 15.9. The Morgan fingerprint density at radius 3 is 2.88 bits per heavy atom. The Morgan fingerprint density at radius 1 is 1.27 bits per heavy atom. The van der Waals surface area contributed by atoms with Crippen LogP contribution in [0.4, 0.5) is 10.6 Å². The minimum absolute atomic E-state index is 0. The minimum atomic E-state index is -0.356. The Balaban J connectivity index is 0.00000324. The number of phenolic OH excluding ortho intramolecular Hbond substituents is 1. The third-order valence-electron chi connectivity index (χ3n) is 5.88. The molecule has 176 valence electrons. The Hall–Kier alpha value is -3.35. The van der Waals surface area contributed by atoms with Crippen molar-refractivity contribution in [2.45, 2.75) is 33.6 Å². The van der Waals surface area contributed by atoms with E-state index in [-0.39, 0.29) is 13.3 Å². The van der Waals surface area contributed by atoms with Gasteiger partial charge in [-0.1, -0.05) is 32.0 Å². The van der Waals surface area contributed by atoms with E-state index in [0.717, 1.165) is 48.2 Å². The van der Waals surface area contributed by atoms with Crippen LogP contribution in [-0.4, -0.2) is 47.4 Å². The Labute approximate surface area is 196 Å². The number of aryl methyl sites for hydroxylation is 1. The summed E-state index contributed by atoms with van der Waals surface area (Å²) in [6.07, 6.45) is 1.69. The first kappa shape index (κ1) is 22.8. The van der Waals surface area contributed by atoms with Gasteiger partial charge in [-0.2, -0.15) is 0 Å². The molecule has 7 heteroatoms. The fourth-order valence-corrected chi connectivity index (χ4v) is 4.19. The van der Waals surface area contributed by atoms with Gasteiger partial charge < -0.3 is 20.1 Å². The largest absolute Gasteiger partial charge is 0.507 e. The van der Waals surface area contributed by atoms with Gasteiger partial charge in [0.05, 0.1) is 17.7 Å². The molecule has 0 spiro atoms. The minimum Gasteiger partial charge on any atom is -0.507 e. The van der Waals surface area contributed by atoms with E-state index in [1.165, 1.54) is 0 Å². The van der Waals surface area contributed by atoms with Gasteiger partial charge in [0.1, 0.15) is 11.6 Å². The molecule has 1 aliphatic heterocycles. The summed E-state index contributed by atoms with van der Waals surface area (Å²) in [6.45, 7) is 8.74. The van der Waals surface area contributed by atoms with Gasteiger partial charge in [-0.15, -0.1) is 0 Å². The molecule has 33 heavy (non-hydrogen) atoms. The van der Waals surface area contributed by atoms with Crippen LogP contribution in [0.15, 0.2) is 42.5 Å². The van der Waals surface area contributed by atoms with Gasteiger partial charge in [-0.25, -0.2) is 14.8 Å². The van der Waals surface area contributed by atoms with Crippen molar-refractivity contribution in [3.63, 3.8) is 0 Å². The van der Waals surface area contributed by atoms with E-state index in [1.54, 1.807) is 12.1 Å². The second-order valence-corrected chi connectivity index (χ2v) is 9.24. The zero-order chi connectivity index (χ0) is 23.4. The highest BCUT2D eigenvalue weighted by Crippen LogP contribution is 2.33. The van der Waals surface area contributed by atoms with Crippen molar-refractivity contribution in [1.82, 2.24) is 15.3 Å². The van der Waals surface area contributed by atoms with Crippen molar-refractivity contribution in [1.29, 1.82) is 0 Å². The molecule has 1 unspecified atom stereocenters. The number of anilines is 1. The van der Waals surface area contributed by atoms with Gasteiger partial charge in [0.2, 0.25) is 0 Å². The lowest BCUT2D eigenvalue weighted by Gasteiger charge is -2.34. The molecule has 1 aliphatic rings. The number of rotatable bonds is 6. The van der Waals surface area contributed by atoms with E-state index in [1.807, 2.05) is 32.9 Å². The highest BCUT2D eigenvalue weighted by Gasteiger charge is 2.24. The van der Waals surface area contributed by atoms with Crippen LogP contribution in [0, 0.1) is 18.8 Å². The van der Waals surface area contributed by atoms with Crippen LogP contribution >= 0.6 is 0 Å². The summed E-state index contributed by atoms with van der Waals surface area (Å²) >= 11 is 0. The molecular weight excluding hydrogens is 416 g/mol. The number of carbonyl (C=O) groups excluding carboxylic acids is 1. The summed E-state index contributed by atoms with van der Waals surface area (Å²) in [4.78, 5) is 23.9. The average Bonchev–Trinajstić information content (AvgIpc) is 2.81. The number of carbonyl (C=O) groups is 1. The number of phenols is 1. The van der Waals surface area contributed by atoms with E-state index in [4.69, 9.17) is 14.7 Å². The Bertz CT molecular complexity index is 1140. The van der Waals surface area contributed by atoms with Crippen LogP contribution in [-0.2, 0) is 4.74 Å². The van der Waals surface area contributed by atoms with Crippen LogP contribution in [0.1, 0.15) is 33.7 Å². The van der Waals surface area contributed by atoms with E-state index >= 15 is 0 Å². The van der Waals surface area contributed by atoms with Gasteiger partial charge >= 0.3 is 6.09 Å². The quantitative estimate of drug-likeness (QED) is 0.540. The predicted octanol–water partition coefficient (Wildman–Crippen LogP) is 5.16. The first-order valence-electron chi connectivity index (χ1n) is 11.6. The molecule has 3 aromatic rings. The molecule has 4 rings (SSSR count). The maximum atomic E-state index is 12.0. The number of nitrogens with one attached hydrogen (secondary N) is 1. The number of para-hydroxylation sites is 1. The van der Waals surface area contributed by atoms with Crippen molar-refractivity contribution >= 4 is 22.8 Å². The number of hydrogen-bond acceptors (Lipinski definition) is 6. The van der Waals surface area contributed by atoms with Gasteiger partial charge in [-0.05, 0) is 61.4 Å². The number of aromatic hydroxyl groups is 1. The maximum Gasteiger partial charge on any atom is 0.407 e. The van der Waals surface area contributed by atoms with Gasteiger partial charge in [0.15, 0.2) is 5.82 Å². The molecule has 2 aromatic carbocycles. The van der Waals surface area contributed by atoms with Crippen LogP contribution in [0.2, 0.25) is 0 Å². The molecule has 0 radical (unpaired) electrons. The maximum absolute atomic E-state index is 12.0. The van der Waals surface area contributed by atoms with Crippen molar-refractivity contribution in [3.05, 3.63) is 48.0 Å². The van der Waals surface area contributed by atoms with E-state index < -0.39 is 0 Å². The molecule has 7 nitrogen and oxygen atoms in total. The molecule has 1 amide bonds. The van der Waals surface area contributed by atoms with Crippen LogP contribution < -0.4 is 10.2 Å². The highest BCUT2D eigenvalue weighted by atomic mass is 16.5. The molecule has 1 fully saturated rings. The molecule has 2 heterocycles. The third-order valence-corrected chi connectivity index (χ3v) is 5.88. The zero-order valence-electron chi connectivity index (χ0n) is 19.5. The van der Waals surface area contributed by atoms with E-state index in [9.17, 15) is 9.90 Å². The lowest BCUT2D eigenvalue weighted by atomic mass is 9.97. The van der Waals surface area contributed by atoms with Crippen LogP contribution in [0.3, 0.4) is 0 Å². The van der Waals surface area contributed by atoms with Crippen LogP contribution in [0.5, 0.6) is 5.75 Å². The summed E-state index contributed by atoms with van der Waals surface area (Å²) < 4.78 is 5.24. The summed E-state index contributed by atoms with van der Waals surface area (Å²) in [6, 6.07) is 13.3. The van der Waals surface area contributed by atoms with Gasteiger partial charge in [-0.3, -0.25) is 0 Å². The Kier molecular flexibility index (Phi) is 6.96. The summed E-state index contributed by atoms with van der Waals surface area (Å²) in [5.41, 5.74) is 2.59. The van der Waals surface area contributed by atoms with Crippen LogP contribution in [0.25, 0.3) is 22.3 Å². The normalized spacial score (nSPS) is 16.2. The molecule has 0 aliphatic carbocycles. The lowest BCUT2D eigenvalue weighted by molar-refractivity contribution is 0.131. The molecule has 1 atom stereocenters. The number of hydrogen-bond donors (Lipinski definition) is 2. The number of amides is 1. The number of piperidine rings is 1. The molecule has 0 bridgehead atoms. The Morgan fingerprint density at radius 2 is 2.09 bits per heavy atom. The monoisotopic (exact) mass is 450 g/mol. The van der Waals surface area contributed by atoms with Crippen molar-refractivity contribution < 1.29 is 16.1 Å². The summed E-state index contributed by atoms with van der Waals surface area (Å²) in [5.74, 6) is 2.16. The molecule has 2 N–H and O–H groups in total. The first-order valence-corrected chi connectivity index (χ1v) is 11.6. The highest BCUT2D eigenvalue weighted by molar-refractivity contribution is 5.92. The summed E-state index contributed by atoms with van der Waals surface area (Å²) in [5, 5.41) is 14.3. The number of benzene rings is 2. The van der Waals surface area contributed by atoms with Crippen molar-refractivity contribution in [2.75, 3.05) is 31.1 Å². The number of fused-ring (bicyclic) bond motifs is 1. The van der Waals surface area contributed by atoms with Crippen molar-refractivity contribution in [3.8, 4) is 17.1 Å². The third kappa shape index (κ3) is 5.53. The van der Waals surface area contributed by atoms with E-state index in [2.05, 4.69) is 28.4 Å². The fourth-order valence-electron chi connectivity index (χ4n) is 4.19. The lowest BCUT2D eigenvalue weighted by Crippen LogP contribution is -2.41. The molecular formula is C26H34N4O3. The second kappa shape index (κ2) is 10.1. The average molecular weight is 451 g/mol. The number of ether oxygens (including phenoxy) is 1. The fraction of sp³-hybridized carbons (Fsp3) is 0.423. The number of nitrogens with zero attached hydrogens (tertiary/aromatic N) is 3. The number of aromatic nitrogens is 2. The van der Waals surface area contributed by atoms with Gasteiger partial charge in [0, 0.05) is 26.4 Å². The smallest absolute Gasteiger partial charge is 0.407 e. The van der Waals surface area contributed by atoms with Crippen molar-refractivity contribution in [2.24, 2.45) is 11.8 Å². The second-order valence-electron chi connectivity index (χ2n) is 9.24. The van der Waals surface area contributed by atoms with E-state index in [0.29, 0.717) is 36.4 Å². The topological polar surface area (TPSA) is 87.6 Å². The summed E-state index contributed by atoms with van der Waals surface area (Å²) in [7, 11) is 0. The zero-order valence-corrected chi connectivity index (χ0v) is 19.5. The SMILES string of the molecule is Cc1ccc2c(N3CCCC(CNC(=O)OCC(C)C)C3)nc(-c3ccccc3O)nc2c1.[HH]. The predicted molar refractivity (Wildman–Crippen MR) is 133 cm³/mol. The van der Waals surface area contributed by atoms with Gasteiger partial charge in [0.25, 0.3) is 0 Å². The molecule has 1 aromatic heterocycles.